The molecular weight excluding hydrogens is 416 g/mol. The van der Waals surface area contributed by atoms with Crippen LogP contribution in [-0.2, 0) is 11.2 Å². The van der Waals surface area contributed by atoms with Gasteiger partial charge < -0.3 is 10.1 Å². The van der Waals surface area contributed by atoms with E-state index in [-0.39, 0.29) is 12.5 Å². The van der Waals surface area contributed by atoms with Crippen molar-refractivity contribution in [3.63, 3.8) is 0 Å². The zero-order valence-electron chi connectivity index (χ0n) is 18.3. The number of aromatic nitrogens is 1. The molecule has 0 saturated carbocycles. The number of aryl methyl sites for hydroxylation is 2. The molecule has 0 spiro atoms. The summed E-state index contributed by atoms with van der Waals surface area (Å²) in [5, 5.41) is 5.95. The first-order valence-electron chi connectivity index (χ1n) is 10.8. The van der Waals surface area contributed by atoms with Gasteiger partial charge in [0.25, 0.3) is 5.91 Å². The number of ether oxygens (including phenoxy) is 1. The maximum atomic E-state index is 12.3. The SMILES string of the molecule is CCCc1ccc(OCC(=O)Nc2ccc(-c3csc(-c4ccccc4C)n3)cc2)cc1. The van der Waals surface area contributed by atoms with Crippen LogP contribution in [0.2, 0.25) is 0 Å². The fraction of sp³-hybridized carbons (Fsp3) is 0.185. The molecule has 32 heavy (non-hydrogen) atoms. The van der Waals surface area contributed by atoms with Gasteiger partial charge in [-0.25, -0.2) is 4.98 Å². The summed E-state index contributed by atoms with van der Waals surface area (Å²) < 4.78 is 5.60. The number of carbonyl (C=O) groups excluding carboxylic acids is 1. The molecule has 0 saturated heterocycles. The maximum absolute atomic E-state index is 12.3. The van der Waals surface area contributed by atoms with Crippen LogP contribution < -0.4 is 10.1 Å². The second-order valence-electron chi connectivity index (χ2n) is 7.66. The van der Waals surface area contributed by atoms with Crippen LogP contribution in [0.4, 0.5) is 5.69 Å². The molecule has 5 heteroatoms. The minimum absolute atomic E-state index is 0.0270. The Morgan fingerprint density at radius 1 is 1.00 bits per heavy atom. The number of rotatable bonds is 8. The van der Waals surface area contributed by atoms with Gasteiger partial charge in [0.2, 0.25) is 0 Å². The largest absolute Gasteiger partial charge is 0.484 e. The average Bonchev–Trinajstić information content (AvgIpc) is 3.30. The molecule has 0 bridgehead atoms. The van der Waals surface area contributed by atoms with Gasteiger partial charge in [0.1, 0.15) is 10.8 Å². The van der Waals surface area contributed by atoms with Gasteiger partial charge >= 0.3 is 0 Å². The molecular formula is C27H26N2O2S. The van der Waals surface area contributed by atoms with E-state index in [0.29, 0.717) is 5.75 Å². The lowest BCUT2D eigenvalue weighted by Crippen LogP contribution is -2.20. The van der Waals surface area contributed by atoms with Crippen LogP contribution in [0.3, 0.4) is 0 Å². The first-order chi connectivity index (χ1) is 15.6. The van der Waals surface area contributed by atoms with Crippen LogP contribution in [0.5, 0.6) is 5.75 Å². The van der Waals surface area contributed by atoms with Gasteiger partial charge in [0.05, 0.1) is 5.69 Å². The summed E-state index contributed by atoms with van der Waals surface area (Å²) in [5.74, 6) is 0.509. The number of nitrogens with one attached hydrogen (secondary N) is 1. The van der Waals surface area contributed by atoms with Crippen LogP contribution >= 0.6 is 11.3 Å². The van der Waals surface area contributed by atoms with Crippen LogP contribution in [0, 0.1) is 6.92 Å². The summed E-state index contributed by atoms with van der Waals surface area (Å²) in [7, 11) is 0. The van der Waals surface area contributed by atoms with Gasteiger partial charge in [-0.2, -0.15) is 0 Å². The highest BCUT2D eigenvalue weighted by molar-refractivity contribution is 7.13. The van der Waals surface area contributed by atoms with E-state index in [0.717, 1.165) is 40.4 Å². The van der Waals surface area contributed by atoms with E-state index >= 15 is 0 Å². The highest BCUT2D eigenvalue weighted by Gasteiger charge is 2.09. The van der Waals surface area contributed by atoms with Gasteiger partial charge in [-0.05, 0) is 48.7 Å². The van der Waals surface area contributed by atoms with Crippen LogP contribution in [0.15, 0.2) is 78.2 Å². The van der Waals surface area contributed by atoms with E-state index in [9.17, 15) is 4.79 Å². The van der Waals surface area contributed by atoms with E-state index in [1.54, 1.807) is 11.3 Å². The third-order valence-corrected chi connectivity index (χ3v) is 6.05. The van der Waals surface area contributed by atoms with Crippen molar-refractivity contribution < 1.29 is 9.53 Å². The van der Waals surface area contributed by atoms with E-state index in [1.807, 2.05) is 60.7 Å². The average molecular weight is 443 g/mol. The Morgan fingerprint density at radius 3 is 2.47 bits per heavy atom. The van der Waals surface area contributed by atoms with Crippen molar-refractivity contribution in [1.29, 1.82) is 0 Å². The molecule has 0 aliphatic heterocycles. The predicted octanol–water partition coefficient (Wildman–Crippen LogP) is 6.76. The molecule has 162 valence electrons. The van der Waals surface area contributed by atoms with Gasteiger partial charge in [-0.15, -0.1) is 11.3 Å². The lowest BCUT2D eigenvalue weighted by atomic mass is 10.1. The smallest absolute Gasteiger partial charge is 0.262 e. The molecule has 1 heterocycles. The van der Waals surface area contributed by atoms with E-state index in [1.165, 1.54) is 11.1 Å². The number of hydrogen-bond donors (Lipinski definition) is 1. The van der Waals surface area contributed by atoms with Crippen LogP contribution in [0.1, 0.15) is 24.5 Å². The first-order valence-corrected chi connectivity index (χ1v) is 11.6. The number of amides is 1. The molecule has 0 atom stereocenters. The summed E-state index contributed by atoms with van der Waals surface area (Å²) in [6.07, 6.45) is 2.16. The Bertz CT molecular complexity index is 1180. The fourth-order valence-electron chi connectivity index (χ4n) is 3.45. The topological polar surface area (TPSA) is 51.2 Å². The Morgan fingerprint density at radius 2 is 1.75 bits per heavy atom. The predicted molar refractivity (Wildman–Crippen MR) is 132 cm³/mol. The molecule has 0 aliphatic rings. The number of hydrogen-bond acceptors (Lipinski definition) is 4. The third kappa shape index (κ3) is 5.42. The van der Waals surface area contributed by atoms with Gasteiger partial charge in [-0.3, -0.25) is 4.79 Å². The molecule has 3 aromatic carbocycles. The van der Waals surface area contributed by atoms with Crippen molar-refractivity contribution in [2.24, 2.45) is 0 Å². The molecule has 0 fully saturated rings. The fourth-order valence-corrected chi connectivity index (χ4v) is 4.37. The summed E-state index contributed by atoms with van der Waals surface area (Å²) in [6, 6.07) is 23.9. The zero-order chi connectivity index (χ0) is 22.3. The van der Waals surface area contributed by atoms with Crippen molar-refractivity contribution >= 4 is 22.9 Å². The van der Waals surface area contributed by atoms with E-state index < -0.39 is 0 Å². The second-order valence-corrected chi connectivity index (χ2v) is 8.52. The number of carbonyl (C=O) groups is 1. The lowest BCUT2D eigenvalue weighted by molar-refractivity contribution is -0.118. The standard InChI is InChI=1S/C27H26N2O2S/c1-3-6-20-9-15-23(16-10-20)31-17-26(30)28-22-13-11-21(12-14-22)25-18-32-27(29-25)24-8-5-4-7-19(24)2/h4-5,7-16,18H,3,6,17H2,1-2H3,(H,28,30). The normalized spacial score (nSPS) is 10.7. The van der Waals surface area contributed by atoms with Crippen molar-refractivity contribution in [3.05, 3.63) is 89.3 Å². The van der Waals surface area contributed by atoms with Crippen molar-refractivity contribution in [1.82, 2.24) is 4.98 Å². The molecule has 1 aromatic heterocycles. The maximum Gasteiger partial charge on any atom is 0.262 e. The Balaban J connectivity index is 1.34. The van der Waals surface area contributed by atoms with Crippen LogP contribution in [0.25, 0.3) is 21.8 Å². The first kappa shape index (κ1) is 21.8. The minimum Gasteiger partial charge on any atom is -0.484 e. The molecule has 0 radical (unpaired) electrons. The van der Waals surface area contributed by atoms with Gasteiger partial charge in [-0.1, -0.05) is 61.9 Å². The summed E-state index contributed by atoms with van der Waals surface area (Å²) in [5.41, 5.74) is 6.33. The molecule has 4 aromatic rings. The molecule has 4 nitrogen and oxygen atoms in total. The minimum atomic E-state index is -0.189. The molecule has 0 aliphatic carbocycles. The monoisotopic (exact) mass is 442 g/mol. The summed E-state index contributed by atoms with van der Waals surface area (Å²) in [4.78, 5) is 17.0. The second kappa shape index (κ2) is 10.2. The number of benzene rings is 3. The van der Waals surface area contributed by atoms with Gasteiger partial charge in [0.15, 0.2) is 6.61 Å². The van der Waals surface area contributed by atoms with E-state index in [2.05, 4.69) is 36.7 Å². The summed E-state index contributed by atoms with van der Waals surface area (Å²) >= 11 is 1.64. The summed E-state index contributed by atoms with van der Waals surface area (Å²) in [6.45, 7) is 4.22. The Hall–Kier alpha value is -3.44. The van der Waals surface area contributed by atoms with E-state index in [4.69, 9.17) is 9.72 Å². The zero-order valence-corrected chi connectivity index (χ0v) is 19.1. The molecule has 4 rings (SSSR count). The van der Waals surface area contributed by atoms with Crippen molar-refractivity contribution in [2.45, 2.75) is 26.7 Å². The van der Waals surface area contributed by atoms with Crippen LogP contribution in [-0.4, -0.2) is 17.5 Å². The van der Waals surface area contributed by atoms with Gasteiger partial charge in [0, 0.05) is 22.2 Å². The highest BCUT2D eigenvalue weighted by atomic mass is 32.1. The Labute approximate surface area is 192 Å². The van der Waals surface area contributed by atoms with Crippen molar-refractivity contribution in [2.75, 3.05) is 11.9 Å². The molecule has 1 N–H and O–H groups in total. The quantitative estimate of drug-likeness (QED) is 0.328. The van der Waals surface area contributed by atoms with Crippen molar-refractivity contribution in [3.8, 4) is 27.6 Å². The Kier molecular flexibility index (Phi) is 6.97. The number of nitrogens with zero attached hydrogens (tertiary/aromatic N) is 1. The third-order valence-electron chi connectivity index (χ3n) is 5.18. The molecule has 1 amide bonds. The lowest BCUT2D eigenvalue weighted by Gasteiger charge is -2.08. The number of thiazole rings is 1. The molecule has 0 unspecified atom stereocenters. The number of anilines is 1. The highest BCUT2D eigenvalue weighted by Crippen LogP contribution is 2.31.